The standard InChI is InChI=1S/C7H9NO4/c9-6(10)4-1-5-3-8(2-4)7(11)12-5/h4-5H,1-3H2,(H,9,10). The Balaban J connectivity index is 2.10. The van der Waals surface area contributed by atoms with Gasteiger partial charge in [0.1, 0.15) is 6.10 Å². The number of hydrogen-bond acceptors (Lipinski definition) is 3. The summed E-state index contributed by atoms with van der Waals surface area (Å²) in [6, 6.07) is 0. The van der Waals surface area contributed by atoms with Crippen LogP contribution in [0.3, 0.4) is 0 Å². The number of aliphatic carboxylic acids is 1. The molecular formula is C7H9NO4. The number of carboxylic acids is 1. The van der Waals surface area contributed by atoms with Gasteiger partial charge in [-0.3, -0.25) is 4.79 Å². The van der Waals surface area contributed by atoms with Crippen LogP contribution >= 0.6 is 0 Å². The smallest absolute Gasteiger partial charge is 0.410 e. The van der Waals surface area contributed by atoms with Crippen LogP contribution < -0.4 is 0 Å². The van der Waals surface area contributed by atoms with Crippen molar-refractivity contribution in [2.45, 2.75) is 12.5 Å². The zero-order valence-electron chi connectivity index (χ0n) is 6.40. The maximum atomic E-state index is 10.9. The second kappa shape index (κ2) is 2.36. The molecule has 0 aromatic carbocycles. The average Bonchev–Trinajstić information content (AvgIpc) is 2.26. The lowest BCUT2D eigenvalue weighted by molar-refractivity contribution is -0.143. The van der Waals surface area contributed by atoms with Gasteiger partial charge in [-0.1, -0.05) is 0 Å². The summed E-state index contributed by atoms with van der Waals surface area (Å²) in [5, 5.41) is 8.69. The fourth-order valence-corrected chi connectivity index (χ4v) is 1.68. The SMILES string of the molecule is O=C(O)C1CC2CN(C1)C(=O)O2. The first kappa shape index (κ1) is 7.39. The molecule has 12 heavy (non-hydrogen) atoms. The Bertz CT molecular complexity index is 240. The fourth-order valence-electron chi connectivity index (χ4n) is 1.68. The van der Waals surface area contributed by atoms with E-state index in [0.717, 1.165) is 0 Å². The lowest BCUT2D eigenvalue weighted by Gasteiger charge is -2.23. The third-order valence-electron chi connectivity index (χ3n) is 2.29. The average molecular weight is 171 g/mol. The van der Waals surface area contributed by atoms with Gasteiger partial charge in [-0.2, -0.15) is 0 Å². The molecule has 5 nitrogen and oxygen atoms in total. The molecule has 66 valence electrons. The van der Waals surface area contributed by atoms with Crippen molar-refractivity contribution >= 4 is 12.1 Å². The minimum Gasteiger partial charge on any atom is -0.481 e. The number of amides is 1. The molecule has 2 saturated heterocycles. The highest BCUT2D eigenvalue weighted by molar-refractivity contribution is 5.75. The van der Waals surface area contributed by atoms with Crippen molar-refractivity contribution < 1.29 is 19.4 Å². The summed E-state index contributed by atoms with van der Waals surface area (Å²) in [6.07, 6.45) is -0.117. The second-order valence-electron chi connectivity index (χ2n) is 3.18. The zero-order chi connectivity index (χ0) is 8.72. The summed E-state index contributed by atoms with van der Waals surface area (Å²) in [6.45, 7) is 0.854. The quantitative estimate of drug-likeness (QED) is 0.598. The van der Waals surface area contributed by atoms with Gasteiger partial charge in [-0.05, 0) is 0 Å². The molecule has 0 aromatic rings. The molecule has 2 fully saturated rings. The van der Waals surface area contributed by atoms with Gasteiger partial charge in [0.2, 0.25) is 0 Å². The number of rotatable bonds is 1. The van der Waals surface area contributed by atoms with Crippen LogP contribution in [0.4, 0.5) is 4.79 Å². The van der Waals surface area contributed by atoms with E-state index in [9.17, 15) is 9.59 Å². The number of piperidine rings is 1. The molecule has 2 unspecified atom stereocenters. The third kappa shape index (κ3) is 1.01. The monoisotopic (exact) mass is 171 g/mol. The normalized spacial score (nSPS) is 33.3. The number of fused-ring (bicyclic) bond motifs is 2. The molecular weight excluding hydrogens is 162 g/mol. The number of carbonyl (C=O) groups is 2. The topological polar surface area (TPSA) is 66.8 Å². The minimum atomic E-state index is -0.844. The summed E-state index contributed by atoms with van der Waals surface area (Å²) in [5.74, 6) is -1.29. The van der Waals surface area contributed by atoms with E-state index >= 15 is 0 Å². The van der Waals surface area contributed by atoms with Crippen LogP contribution in [0.2, 0.25) is 0 Å². The van der Waals surface area contributed by atoms with E-state index in [1.54, 1.807) is 0 Å². The Kier molecular flexibility index (Phi) is 1.46. The van der Waals surface area contributed by atoms with Crippen molar-refractivity contribution in [2.24, 2.45) is 5.92 Å². The molecule has 0 aromatic heterocycles. The summed E-state index contributed by atoms with van der Waals surface area (Å²) in [5.41, 5.74) is 0. The fraction of sp³-hybridized carbons (Fsp3) is 0.714. The summed E-state index contributed by atoms with van der Waals surface area (Å²) >= 11 is 0. The summed E-state index contributed by atoms with van der Waals surface area (Å²) < 4.78 is 4.89. The van der Waals surface area contributed by atoms with Crippen LogP contribution in [-0.2, 0) is 9.53 Å². The Morgan fingerprint density at radius 2 is 2.33 bits per heavy atom. The molecule has 2 heterocycles. The van der Waals surface area contributed by atoms with Crippen LogP contribution in [-0.4, -0.2) is 41.3 Å². The van der Waals surface area contributed by atoms with Gasteiger partial charge in [-0.25, -0.2) is 4.79 Å². The molecule has 0 radical (unpaired) electrons. The predicted molar refractivity (Wildman–Crippen MR) is 37.6 cm³/mol. The summed E-state index contributed by atoms with van der Waals surface area (Å²) in [7, 11) is 0. The largest absolute Gasteiger partial charge is 0.481 e. The van der Waals surface area contributed by atoms with E-state index in [0.29, 0.717) is 19.5 Å². The van der Waals surface area contributed by atoms with Gasteiger partial charge in [0.25, 0.3) is 0 Å². The van der Waals surface area contributed by atoms with Gasteiger partial charge in [0.05, 0.1) is 12.5 Å². The van der Waals surface area contributed by atoms with E-state index in [1.165, 1.54) is 4.90 Å². The lowest BCUT2D eigenvalue weighted by atomic mass is 9.97. The molecule has 1 N–H and O–H groups in total. The number of carboxylic acid groups (broad SMARTS) is 1. The Morgan fingerprint density at radius 1 is 1.58 bits per heavy atom. The van der Waals surface area contributed by atoms with Gasteiger partial charge in [0, 0.05) is 13.0 Å². The molecule has 2 bridgehead atoms. The van der Waals surface area contributed by atoms with Crippen molar-refractivity contribution in [1.82, 2.24) is 4.90 Å². The van der Waals surface area contributed by atoms with E-state index in [1.807, 2.05) is 0 Å². The van der Waals surface area contributed by atoms with E-state index < -0.39 is 11.9 Å². The Hall–Kier alpha value is -1.26. The molecule has 2 atom stereocenters. The van der Waals surface area contributed by atoms with Crippen LogP contribution in [0.15, 0.2) is 0 Å². The van der Waals surface area contributed by atoms with Gasteiger partial charge in [-0.15, -0.1) is 0 Å². The first-order valence-corrected chi connectivity index (χ1v) is 3.85. The van der Waals surface area contributed by atoms with Crippen LogP contribution in [0.1, 0.15) is 6.42 Å². The number of ether oxygens (including phenoxy) is 1. The van der Waals surface area contributed by atoms with Crippen molar-refractivity contribution in [3.05, 3.63) is 0 Å². The number of nitrogens with zero attached hydrogens (tertiary/aromatic N) is 1. The molecule has 1 amide bonds. The highest BCUT2D eigenvalue weighted by atomic mass is 16.6. The molecule has 2 aliphatic rings. The van der Waals surface area contributed by atoms with Crippen molar-refractivity contribution in [3.63, 3.8) is 0 Å². The first-order chi connectivity index (χ1) is 5.66. The van der Waals surface area contributed by atoms with Crippen LogP contribution in [0, 0.1) is 5.92 Å². The Morgan fingerprint density at radius 3 is 2.92 bits per heavy atom. The number of hydrogen-bond donors (Lipinski definition) is 1. The minimum absolute atomic E-state index is 0.202. The van der Waals surface area contributed by atoms with E-state index in [4.69, 9.17) is 9.84 Å². The van der Waals surface area contributed by atoms with E-state index in [2.05, 4.69) is 0 Å². The maximum Gasteiger partial charge on any atom is 0.410 e. The van der Waals surface area contributed by atoms with Gasteiger partial charge >= 0.3 is 12.1 Å². The van der Waals surface area contributed by atoms with Crippen molar-refractivity contribution in [1.29, 1.82) is 0 Å². The highest BCUT2D eigenvalue weighted by Gasteiger charge is 2.41. The molecule has 0 spiro atoms. The maximum absolute atomic E-state index is 10.9. The van der Waals surface area contributed by atoms with Crippen LogP contribution in [0.25, 0.3) is 0 Å². The molecule has 5 heteroatoms. The predicted octanol–water partition coefficient (Wildman–Crippen LogP) is -0.0883. The first-order valence-electron chi connectivity index (χ1n) is 3.85. The van der Waals surface area contributed by atoms with E-state index in [-0.39, 0.29) is 12.2 Å². The Labute approximate surface area is 68.9 Å². The van der Waals surface area contributed by atoms with Crippen LogP contribution in [0.5, 0.6) is 0 Å². The molecule has 2 aliphatic heterocycles. The lowest BCUT2D eigenvalue weighted by Crippen LogP contribution is -2.39. The van der Waals surface area contributed by atoms with Gasteiger partial charge in [0.15, 0.2) is 0 Å². The second-order valence-corrected chi connectivity index (χ2v) is 3.18. The number of carbonyl (C=O) groups excluding carboxylic acids is 1. The van der Waals surface area contributed by atoms with Gasteiger partial charge < -0.3 is 14.7 Å². The summed E-state index contributed by atoms with van der Waals surface area (Å²) in [4.78, 5) is 23.0. The molecule has 0 saturated carbocycles. The van der Waals surface area contributed by atoms with Crippen molar-refractivity contribution in [2.75, 3.05) is 13.1 Å². The zero-order valence-corrected chi connectivity index (χ0v) is 6.40. The molecule has 0 aliphatic carbocycles. The highest BCUT2D eigenvalue weighted by Crippen LogP contribution is 2.25. The third-order valence-corrected chi connectivity index (χ3v) is 2.29. The van der Waals surface area contributed by atoms with Crippen molar-refractivity contribution in [3.8, 4) is 0 Å². The molecule has 2 rings (SSSR count).